The number of nitrogens with one attached hydrogen (secondary N) is 2. The minimum absolute atomic E-state index is 0.0500. The molecule has 0 saturated heterocycles. The van der Waals surface area contributed by atoms with Gasteiger partial charge in [-0.25, -0.2) is 4.79 Å². The van der Waals surface area contributed by atoms with E-state index in [0.717, 1.165) is 12.8 Å². The van der Waals surface area contributed by atoms with E-state index in [4.69, 9.17) is 9.47 Å². The number of aliphatic hydroxyl groups excluding tert-OH is 1. The molecule has 0 bridgehead atoms. The number of aromatic nitrogens is 1. The van der Waals surface area contributed by atoms with Crippen LogP contribution in [0.5, 0.6) is 5.75 Å². The fourth-order valence-corrected chi connectivity index (χ4v) is 4.48. The molecule has 0 unspecified atom stereocenters. The molecule has 1 aromatic rings. The first-order chi connectivity index (χ1) is 15.7. The lowest BCUT2D eigenvalue weighted by atomic mass is 9.83. The van der Waals surface area contributed by atoms with Crippen molar-refractivity contribution in [2.45, 2.75) is 83.1 Å². The van der Waals surface area contributed by atoms with Crippen LogP contribution in [0.25, 0.3) is 0 Å². The van der Waals surface area contributed by atoms with Gasteiger partial charge in [-0.15, -0.1) is 0 Å². The van der Waals surface area contributed by atoms with Gasteiger partial charge in [0.05, 0.1) is 6.04 Å². The average molecular weight is 482 g/mol. The predicted molar refractivity (Wildman–Crippen MR) is 130 cm³/mol. The molecule has 186 valence electrons. The molecule has 33 heavy (non-hydrogen) atoms. The van der Waals surface area contributed by atoms with Gasteiger partial charge in [-0.1, -0.05) is 32.1 Å². The summed E-state index contributed by atoms with van der Waals surface area (Å²) >= 11 is 1.45. The third-order valence-electron chi connectivity index (χ3n) is 5.52. The summed E-state index contributed by atoms with van der Waals surface area (Å²) in [5.41, 5.74) is -0.658. The van der Waals surface area contributed by atoms with Crippen LogP contribution in [0, 0.1) is 5.92 Å². The van der Waals surface area contributed by atoms with Gasteiger partial charge in [0.25, 0.3) is 0 Å². The standard InChI is InChI=1S/C24H39N3O5S/c1-24(2,3)32-23(30)27-20(16-33-4)22(29)26-19(14-17-8-6-5-7-9-17)21(28)15-31-18-10-12-25-13-11-18/h10-13,17,19-21,28H,5-9,14-16H2,1-4H3,(H,26,29)(H,27,30)/t19-,20-,21-/m0/s1. The quantitative estimate of drug-likeness (QED) is 0.443. The van der Waals surface area contributed by atoms with E-state index in [2.05, 4.69) is 15.6 Å². The predicted octanol–water partition coefficient (Wildman–Crippen LogP) is 3.53. The van der Waals surface area contributed by atoms with E-state index in [1.54, 1.807) is 45.3 Å². The van der Waals surface area contributed by atoms with Crippen molar-refractivity contribution in [3.8, 4) is 5.75 Å². The molecule has 0 aromatic carbocycles. The molecule has 3 N–H and O–H groups in total. The van der Waals surface area contributed by atoms with Crippen LogP contribution in [0.4, 0.5) is 4.79 Å². The van der Waals surface area contributed by atoms with Gasteiger partial charge in [-0.2, -0.15) is 11.8 Å². The van der Waals surface area contributed by atoms with Gasteiger partial charge < -0.3 is 25.2 Å². The Hall–Kier alpha value is -2.00. The van der Waals surface area contributed by atoms with Crippen LogP contribution in [0.3, 0.4) is 0 Å². The summed E-state index contributed by atoms with van der Waals surface area (Å²) in [6.07, 6.45) is 10.0. The summed E-state index contributed by atoms with van der Waals surface area (Å²) in [5, 5.41) is 16.6. The van der Waals surface area contributed by atoms with Crippen molar-refractivity contribution in [3.05, 3.63) is 24.5 Å². The first-order valence-electron chi connectivity index (χ1n) is 11.7. The summed E-state index contributed by atoms with van der Waals surface area (Å²) in [6, 6.07) is 2.20. The zero-order valence-corrected chi connectivity index (χ0v) is 21.0. The largest absolute Gasteiger partial charge is 0.491 e. The molecule has 9 heteroatoms. The van der Waals surface area contributed by atoms with Crippen LogP contribution in [0.1, 0.15) is 59.3 Å². The number of ether oxygens (including phenoxy) is 2. The van der Waals surface area contributed by atoms with E-state index in [9.17, 15) is 14.7 Å². The molecule has 2 amide bonds. The molecular weight excluding hydrogens is 442 g/mol. The Labute approximate surface area is 201 Å². The number of hydrogen-bond donors (Lipinski definition) is 3. The Bertz CT molecular complexity index is 723. The van der Waals surface area contributed by atoms with Crippen LogP contribution in [0.15, 0.2) is 24.5 Å². The highest BCUT2D eigenvalue weighted by Crippen LogP contribution is 2.28. The number of carbonyl (C=O) groups is 2. The number of hydrogen-bond acceptors (Lipinski definition) is 7. The highest BCUT2D eigenvalue weighted by atomic mass is 32.2. The molecule has 0 aliphatic heterocycles. The molecular formula is C24H39N3O5S. The van der Waals surface area contributed by atoms with E-state index in [0.29, 0.717) is 23.8 Å². The van der Waals surface area contributed by atoms with Gasteiger partial charge in [0.2, 0.25) is 5.91 Å². The summed E-state index contributed by atoms with van der Waals surface area (Å²) in [6.45, 7) is 5.37. The molecule has 8 nitrogen and oxygen atoms in total. The monoisotopic (exact) mass is 481 g/mol. The van der Waals surface area contributed by atoms with E-state index in [1.165, 1.54) is 31.0 Å². The Morgan fingerprint density at radius 3 is 2.45 bits per heavy atom. The number of pyridine rings is 1. The van der Waals surface area contributed by atoms with Crippen LogP contribution in [-0.4, -0.2) is 64.5 Å². The lowest BCUT2D eigenvalue weighted by molar-refractivity contribution is -0.124. The summed E-state index contributed by atoms with van der Waals surface area (Å²) in [4.78, 5) is 29.3. The van der Waals surface area contributed by atoms with E-state index >= 15 is 0 Å². The SMILES string of the molecule is CSC[C@H](NC(=O)OC(C)(C)C)C(=O)N[C@@H](CC1CCCCC1)[C@@H](O)COc1ccncc1. The third kappa shape index (κ3) is 10.6. The molecule has 1 aromatic heterocycles. The Kier molecular flexibility index (Phi) is 11.3. The lowest BCUT2D eigenvalue weighted by Gasteiger charge is -2.31. The van der Waals surface area contributed by atoms with Gasteiger partial charge in [0, 0.05) is 18.1 Å². The molecule has 1 heterocycles. The van der Waals surface area contributed by atoms with Gasteiger partial charge >= 0.3 is 6.09 Å². The van der Waals surface area contributed by atoms with E-state index in [1.807, 2.05) is 6.26 Å². The highest BCUT2D eigenvalue weighted by Gasteiger charge is 2.30. The zero-order valence-electron chi connectivity index (χ0n) is 20.2. The number of nitrogens with zero attached hydrogens (tertiary/aromatic N) is 1. The van der Waals surface area contributed by atoms with Crippen molar-refractivity contribution in [2.75, 3.05) is 18.6 Å². The fourth-order valence-electron chi connectivity index (χ4n) is 3.91. The third-order valence-corrected chi connectivity index (χ3v) is 6.18. The minimum atomic E-state index is -0.888. The number of amides is 2. The maximum Gasteiger partial charge on any atom is 0.408 e. The van der Waals surface area contributed by atoms with Crippen molar-refractivity contribution < 1.29 is 24.2 Å². The lowest BCUT2D eigenvalue weighted by Crippen LogP contribution is -2.55. The number of thioether (sulfide) groups is 1. The molecule has 3 atom stereocenters. The number of aliphatic hydroxyl groups is 1. The summed E-state index contributed by atoms with van der Waals surface area (Å²) in [5.74, 6) is 1.11. The summed E-state index contributed by atoms with van der Waals surface area (Å²) < 4.78 is 11.0. The average Bonchev–Trinajstić information content (AvgIpc) is 2.77. The van der Waals surface area contributed by atoms with E-state index in [-0.39, 0.29) is 12.5 Å². The molecule has 0 spiro atoms. The number of carbonyl (C=O) groups excluding carboxylic acids is 2. The van der Waals surface area contributed by atoms with Crippen molar-refractivity contribution in [1.82, 2.24) is 15.6 Å². The maximum atomic E-state index is 13.1. The minimum Gasteiger partial charge on any atom is -0.491 e. The van der Waals surface area contributed by atoms with Gasteiger partial charge in [0.1, 0.15) is 30.1 Å². The normalized spacial score (nSPS) is 17.5. The van der Waals surface area contributed by atoms with Gasteiger partial charge in [-0.05, 0) is 51.5 Å². The number of alkyl carbamates (subject to hydrolysis) is 1. The second kappa shape index (κ2) is 13.6. The van der Waals surface area contributed by atoms with Crippen LogP contribution in [-0.2, 0) is 9.53 Å². The van der Waals surface area contributed by atoms with Crippen molar-refractivity contribution in [2.24, 2.45) is 5.92 Å². The van der Waals surface area contributed by atoms with Crippen molar-refractivity contribution >= 4 is 23.8 Å². The molecule has 1 saturated carbocycles. The molecule has 2 rings (SSSR count). The highest BCUT2D eigenvalue weighted by molar-refractivity contribution is 7.98. The second-order valence-corrected chi connectivity index (χ2v) is 10.5. The summed E-state index contributed by atoms with van der Waals surface area (Å²) in [7, 11) is 0. The maximum absolute atomic E-state index is 13.1. The second-order valence-electron chi connectivity index (χ2n) is 9.57. The Morgan fingerprint density at radius 2 is 1.85 bits per heavy atom. The van der Waals surface area contributed by atoms with Crippen LogP contribution in [0.2, 0.25) is 0 Å². The van der Waals surface area contributed by atoms with Crippen molar-refractivity contribution in [1.29, 1.82) is 0 Å². The first kappa shape index (κ1) is 27.2. The number of rotatable bonds is 11. The molecule has 1 aliphatic rings. The fraction of sp³-hybridized carbons (Fsp3) is 0.708. The molecule has 1 fully saturated rings. The van der Waals surface area contributed by atoms with Gasteiger partial charge in [0.15, 0.2) is 0 Å². The Balaban J connectivity index is 2.04. The molecule has 0 radical (unpaired) electrons. The zero-order chi connectivity index (χ0) is 24.3. The topological polar surface area (TPSA) is 110 Å². The van der Waals surface area contributed by atoms with Crippen LogP contribution >= 0.6 is 11.8 Å². The van der Waals surface area contributed by atoms with Crippen molar-refractivity contribution in [3.63, 3.8) is 0 Å². The van der Waals surface area contributed by atoms with E-state index < -0.39 is 29.9 Å². The first-order valence-corrected chi connectivity index (χ1v) is 13.1. The molecule has 1 aliphatic carbocycles. The smallest absolute Gasteiger partial charge is 0.408 e. The van der Waals surface area contributed by atoms with Crippen LogP contribution < -0.4 is 15.4 Å². The Morgan fingerprint density at radius 1 is 1.18 bits per heavy atom. The van der Waals surface area contributed by atoms with Gasteiger partial charge in [-0.3, -0.25) is 9.78 Å².